The Balaban J connectivity index is 2.77. The Hall–Kier alpha value is -0.170. The van der Waals surface area contributed by atoms with Gasteiger partial charge in [-0.15, -0.1) is 0 Å². The van der Waals surface area contributed by atoms with Crippen LogP contribution in [0.5, 0.6) is 0 Å². The van der Waals surface area contributed by atoms with Crippen molar-refractivity contribution in [3.8, 4) is 0 Å². The minimum atomic E-state index is -3.29. The van der Waals surface area contributed by atoms with Gasteiger partial charge in [0.05, 0.1) is 18.5 Å². The fourth-order valence-corrected chi connectivity index (χ4v) is 4.68. The first-order chi connectivity index (χ1) is 8.88. The summed E-state index contributed by atoms with van der Waals surface area (Å²) in [5, 5.41) is 0. The van der Waals surface area contributed by atoms with Gasteiger partial charge in [-0.3, -0.25) is 0 Å². The van der Waals surface area contributed by atoms with Gasteiger partial charge in [-0.1, -0.05) is 19.8 Å². The molecule has 1 fully saturated rings. The van der Waals surface area contributed by atoms with E-state index < -0.39 is 10.0 Å². The van der Waals surface area contributed by atoms with Crippen molar-refractivity contribution in [1.29, 1.82) is 0 Å². The lowest BCUT2D eigenvalue weighted by Crippen LogP contribution is -2.55. The number of likely N-dealkylation sites (N-methyl/N-ethyl adjacent to an activating group) is 1. The van der Waals surface area contributed by atoms with Gasteiger partial charge in [0.25, 0.3) is 0 Å². The summed E-state index contributed by atoms with van der Waals surface area (Å²) in [7, 11) is -3.29. The summed E-state index contributed by atoms with van der Waals surface area (Å²) >= 11 is 0. The lowest BCUT2D eigenvalue weighted by molar-refractivity contribution is 0.0898. The lowest BCUT2D eigenvalue weighted by Gasteiger charge is -2.39. The van der Waals surface area contributed by atoms with E-state index in [9.17, 15) is 8.42 Å². The quantitative estimate of drug-likeness (QED) is 0.732. The summed E-state index contributed by atoms with van der Waals surface area (Å²) in [6.45, 7) is 6.84. The van der Waals surface area contributed by atoms with Crippen molar-refractivity contribution < 1.29 is 13.2 Å². The molecule has 0 aliphatic heterocycles. The second-order valence-electron chi connectivity index (χ2n) is 5.54. The molecule has 6 heteroatoms. The highest BCUT2D eigenvalue weighted by atomic mass is 32.2. The maximum atomic E-state index is 12.5. The van der Waals surface area contributed by atoms with Crippen molar-refractivity contribution in [1.82, 2.24) is 4.31 Å². The number of ether oxygens (including phenoxy) is 1. The van der Waals surface area contributed by atoms with Crippen LogP contribution < -0.4 is 5.73 Å². The van der Waals surface area contributed by atoms with E-state index in [0.29, 0.717) is 13.1 Å². The highest BCUT2D eigenvalue weighted by Crippen LogP contribution is 2.36. The Morgan fingerprint density at radius 2 is 1.89 bits per heavy atom. The molecule has 0 aromatic heterocycles. The van der Waals surface area contributed by atoms with Crippen LogP contribution in [0.1, 0.15) is 46.5 Å². The molecule has 19 heavy (non-hydrogen) atoms. The average molecular weight is 292 g/mol. The van der Waals surface area contributed by atoms with E-state index >= 15 is 0 Å². The Morgan fingerprint density at radius 3 is 2.32 bits per heavy atom. The van der Waals surface area contributed by atoms with Crippen LogP contribution in [0.3, 0.4) is 0 Å². The minimum Gasteiger partial charge on any atom is -0.378 e. The third kappa shape index (κ3) is 4.15. The summed E-state index contributed by atoms with van der Waals surface area (Å²) in [6.07, 6.45) is 3.93. The highest BCUT2D eigenvalue weighted by molar-refractivity contribution is 7.89. The molecule has 5 nitrogen and oxygen atoms in total. The molecule has 0 bridgehead atoms. The second kappa shape index (κ2) is 7.02. The van der Waals surface area contributed by atoms with Crippen LogP contribution in [-0.2, 0) is 14.8 Å². The fraction of sp³-hybridized carbons (Fsp3) is 1.00. The molecule has 0 aromatic carbocycles. The van der Waals surface area contributed by atoms with Gasteiger partial charge >= 0.3 is 0 Å². The first-order valence-electron chi connectivity index (χ1n) is 7.20. The zero-order valence-electron chi connectivity index (χ0n) is 12.4. The molecule has 114 valence electrons. The number of nitrogens with two attached hydrogens (primary N) is 1. The summed E-state index contributed by atoms with van der Waals surface area (Å²) in [5.74, 6) is 0.0424. The predicted octanol–water partition coefficient (Wildman–Crippen LogP) is 1.33. The number of sulfonamides is 1. The highest BCUT2D eigenvalue weighted by Gasteiger charge is 2.43. The third-order valence-corrected chi connectivity index (χ3v) is 5.86. The van der Waals surface area contributed by atoms with Gasteiger partial charge in [-0.2, -0.15) is 4.31 Å². The van der Waals surface area contributed by atoms with E-state index in [4.69, 9.17) is 10.5 Å². The van der Waals surface area contributed by atoms with Gasteiger partial charge in [-0.25, -0.2) is 8.42 Å². The minimum absolute atomic E-state index is 0.0424. The molecular weight excluding hydrogens is 264 g/mol. The van der Waals surface area contributed by atoms with Crippen LogP contribution in [0.15, 0.2) is 0 Å². The smallest absolute Gasteiger partial charge is 0.216 e. The largest absolute Gasteiger partial charge is 0.378 e. The van der Waals surface area contributed by atoms with Crippen LogP contribution in [0.25, 0.3) is 0 Å². The molecule has 0 atom stereocenters. The van der Waals surface area contributed by atoms with Crippen LogP contribution in [0.2, 0.25) is 0 Å². The summed E-state index contributed by atoms with van der Waals surface area (Å²) in [5.41, 5.74) is 5.53. The van der Waals surface area contributed by atoms with E-state index in [2.05, 4.69) is 0 Å². The standard InChI is InChI=1S/C13H28N2O3S/c1-4-15(13(11-14)7-5-6-8-13)19(16,17)10-9-18-12(2)3/h12H,4-11,14H2,1-3H3. The molecule has 1 aliphatic rings. The first-order valence-corrected chi connectivity index (χ1v) is 8.81. The van der Waals surface area contributed by atoms with Gasteiger partial charge in [0.2, 0.25) is 10.0 Å². The Labute approximate surface area is 117 Å². The van der Waals surface area contributed by atoms with Gasteiger partial charge in [-0.05, 0) is 26.7 Å². The molecule has 1 saturated carbocycles. The maximum Gasteiger partial charge on any atom is 0.216 e. The predicted molar refractivity (Wildman–Crippen MR) is 77.5 cm³/mol. The molecule has 0 amide bonds. The normalized spacial score (nSPS) is 19.5. The fourth-order valence-electron chi connectivity index (χ4n) is 2.91. The molecule has 1 aliphatic carbocycles. The van der Waals surface area contributed by atoms with Crippen LogP contribution in [-0.4, -0.2) is 49.8 Å². The topological polar surface area (TPSA) is 72.6 Å². The van der Waals surface area contributed by atoms with Crippen molar-refractivity contribution in [2.24, 2.45) is 5.73 Å². The van der Waals surface area contributed by atoms with E-state index in [0.717, 1.165) is 25.7 Å². The van der Waals surface area contributed by atoms with E-state index in [1.54, 1.807) is 4.31 Å². The zero-order valence-corrected chi connectivity index (χ0v) is 13.2. The van der Waals surface area contributed by atoms with Gasteiger partial charge in [0.15, 0.2) is 0 Å². The van der Waals surface area contributed by atoms with Crippen molar-refractivity contribution in [2.75, 3.05) is 25.4 Å². The molecule has 0 spiro atoms. The zero-order chi connectivity index (χ0) is 14.5. The molecule has 0 heterocycles. The number of hydrogen-bond acceptors (Lipinski definition) is 4. The monoisotopic (exact) mass is 292 g/mol. The van der Waals surface area contributed by atoms with Crippen LogP contribution in [0.4, 0.5) is 0 Å². The molecule has 0 aromatic rings. The summed E-state index contributed by atoms with van der Waals surface area (Å²) in [6, 6.07) is 0. The summed E-state index contributed by atoms with van der Waals surface area (Å²) < 4.78 is 32.0. The number of hydrogen-bond donors (Lipinski definition) is 1. The Morgan fingerprint density at radius 1 is 1.32 bits per heavy atom. The van der Waals surface area contributed by atoms with E-state index in [1.165, 1.54) is 0 Å². The van der Waals surface area contributed by atoms with Crippen LogP contribution >= 0.6 is 0 Å². The van der Waals surface area contributed by atoms with E-state index in [1.807, 2.05) is 20.8 Å². The second-order valence-corrected chi connectivity index (χ2v) is 7.55. The van der Waals surface area contributed by atoms with Gasteiger partial charge in [0.1, 0.15) is 0 Å². The molecule has 0 unspecified atom stereocenters. The van der Waals surface area contributed by atoms with E-state index in [-0.39, 0.29) is 24.0 Å². The Kier molecular flexibility index (Phi) is 6.23. The maximum absolute atomic E-state index is 12.5. The van der Waals surface area contributed by atoms with Crippen molar-refractivity contribution in [2.45, 2.75) is 58.1 Å². The lowest BCUT2D eigenvalue weighted by atomic mass is 9.98. The van der Waals surface area contributed by atoms with Crippen molar-refractivity contribution >= 4 is 10.0 Å². The van der Waals surface area contributed by atoms with Gasteiger partial charge in [0, 0.05) is 18.6 Å². The first kappa shape index (κ1) is 16.9. The molecular formula is C13H28N2O3S. The average Bonchev–Trinajstić information content (AvgIpc) is 2.78. The third-order valence-electron chi connectivity index (χ3n) is 3.86. The molecule has 1 rings (SSSR count). The number of nitrogens with zero attached hydrogens (tertiary/aromatic N) is 1. The molecule has 2 N–H and O–H groups in total. The van der Waals surface area contributed by atoms with Crippen LogP contribution in [0, 0.1) is 0 Å². The van der Waals surface area contributed by atoms with Crippen molar-refractivity contribution in [3.05, 3.63) is 0 Å². The van der Waals surface area contributed by atoms with Gasteiger partial charge < -0.3 is 10.5 Å². The molecule has 0 radical (unpaired) electrons. The Bertz CT molecular complexity index is 362. The SMILES string of the molecule is CCN(C1(CN)CCCC1)S(=O)(=O)CCOC(C)C. The number of rotatable bonds is 8. The van der Waals surface area contributed by atoms with Crippen molar-refractivity contribution in [3.63, 3.8) is 0 Å². The summed E-state index contributed by atoms with van der Waals surface area (Å²) in [4.78, 5) is 0. The molecule has 0 saturated heterocycles.